The first-order chi connectivity index (χ1) is 11.6. The normalized spacial score (nSPS) is 13.5. The average molecular weight is 366 g/mol. The Morgan fingerprint density at radius 3 is 1.75 bits per heavy atom. The van der Waals surface area contributed by atoms with Crippen molar-refractivity contribution in [2.24, 2.45) is 0 Å². The molecule has 0 aliphatic heterocycles. The molecule has 24 heavy (non-hydrogen) atoms. The van der Waals surface area contributed by atoms with E-state index in [4.69, 9.17) is 18.5 Å². The summed E-state index contributed by atoms with van der Waals surface area (Å²) in [7, 11) is -2.98. The molecule has 0 rings (SSSR count). The SMILES string of the molecule is CCCCOC(=O)OCCCCOP(=O)(CCCC)OCCCC. The summed E-state index contributed by atoms with van der Waals surface area (Å²) < 4.78 is 33.4. The van der Waals surface area contributed by atoms with E-state index in [0.717, 1.165) is 38.5 Å². The Kier molecular flexibility index (Phi) is 15.5. The van der Waals surface area contributed by atoms with E-state index >= 15 is 0 Å². The van der Waals surface area contributed by atoms with Crippen molar-refractivity contribution in [1.82, 2.24) is 0 Å². The maximum Gasteiger partial charge on any atom is 0.508 e. The van der Waals surface area contributed by atoms with Crippen LogP contribution in [0.3, 0.4) is 0 Å². The van der Waals surface area contributed by atoms with Gasteiger partial charge < -0.3 is 18.5 Å². The van der Waals surface area contributed by atoms with Gasteiger partial charge in [0.15, 0.2) is 0 Å². The molecule has 0 aliphatic rings. The van der Waals surface area contributed by atoms with Crippen molar-refractivity contribution in [3.63, 3.8) is 0 Å². The minimum atomic E-state index is -2.98. The van der Waals surface area contributed by atoms with Crippen LogP contribution in [0.15, 0.2) is 0 Å². The van der Waals surface area contributed by atoms with Gasteiger partial charge in [0, 0.05) is 0 Å². The van der Waals surface area contributed by atoms with Gasteiger partial charge in [-0.1, -0.05) is 40.0 Å². The van der Waals surface area contributed by atoms with Gasteiger partial charge in [0.25, 0.3) is 0 Å². The fourth-order valence-electron chi connectivity index (χ4n) is 1.77. The molecule has 0 aliphatic carbocycles. The summed E-state index contributed by atoms with van der Waals surface area (Å²) in [5.41, 5.74) is 0. The third-order valence-corrected chi connectivity index (χ3v) is 5.35. The maximum absolute atomic E-state index is 12.6. The summed E-state index contributed by atoms with van der Waals surface area (Å²) >= 11 is 0. The Bertz CT molecular complexity index is 348. The lowest BCUT2D eigenvalue weighted by molar-refractivity contribution is 0.0523. The number of carbonyl (C=O) groups is 1. The van der Waals surface area contributed by atoms with Crippen LogP contribution in [0.5, 0.6) is 0 Å². The Morgan fingerprint density at radius 1 is 0.708 bits per heavy atom. The largest absolute Gasteiger partial charge is 0.508 e. The number of hydrogen-bond acceptors (Lipinski definition) is 6. The molecule has 0 N–H and O–H groups in total. The van der Waals surface area contributed by atoms with E-state index in [1.54, 1.807) is 0 Å². The molecule has 0 fully saturated rings. The molecule has 0 spiro atoms. The quantitative estimate of drug-likeness (QED) is 0.203. The van der Waals surface area contributed by atoms with Crippen molar-refractivity contribution in [1.29, 1.82) is 0 Å². The van der Waals surface area contributed by atoms with Crippen LogP contribution < -0.4 is 0 Å². The molecule has 0 heterocycles. The van der Waals surface area contributed by atoms with Crippen LogP contribution in [-0.2, 0) is 23.1 Å². The number of unbranched alkanes of at least 4 members (excludes halogenated alkanes) is 4. The van der Waals surface area contributed by atoms with Crippen LogP contribution in [0.4, 0.5) is 4.79 Å². The Labute approximate surface area is 147 Å². The molecule has 0 aromatic carbocycles. The third kappa shape index (κ3) is 13.8. The van der Waals surface area contributed by atoms with Crippen molar-refractivity contribution in [3.05, 3.63) is 0 Å². The summed E-state index contributed by atoms with van der Waals surface area (Å²) in [6, 6.07) is 0. The van der Waals surface area contributed by atoms with Crippen molar-refractivity contribution in [2.75, 3.05) is 32.6 Å². The summed E-state index contributed by atoms with van der Waals surface area (Å²) in [5.74, 6) is 0. The highest BCUT2D eigenvalue weighted by molar-refractivity contribution is 7.53. The van der Waals surface area contributed by atoms with Gasteiger partial charge in [-0.2, -0.15) is 0 Å². The van der Waals surface area contributed by atoms with Crippen LogP contribution in [0.2, 0.25) is 0 Å². The number of ether oxygens (including phenoxy) is 2. The van der Waals surface area contributed by atoms with Crippen molar-refractivity contribution >= 4 is 13.8 Å². The minimum absolute atomic E-state index is 0.282. The highest BCUT2D eigenvalue weighted by Gasteiger charge is 2.23. The van der Waals surface area contributed by atoms with Crippen LogP contribution in [0, 0.1) is 0 Å². The summed E-state index contributed by atoms with van der Waals surface area (Å²) in [6.45, 7) is 7.64. The molecule has 144 valence electrons. The van der Waals surface area contributed by atoms with E-state index in [1.807, 2.05) is 13.8 Å². The highest BCUT2D eigenvalue weighted by Crippen LogP contribution is 2.49. The number of hydrogen-bond donors (Lipinski definition) is 0. The predicted octanol–water partition coefficient (Wildman–Crippen LogP) is 5.55. The molecule has 1 atom stereocenters. The van der Waals surface area contributed by atoms with Crippen molar-refractivity contribution in [3.8, 4) is 0 Å². The molecule has 0 saturated carbocycles. The molecule has 1 unspecified atom stereocenters. The highest BCUT2D eigenvalue weighted by atomic mass is 31.2. The second kappa shape index (κ2) is 15.9. The molecule has 6 nitrogen and oxygen atoms in total. The Balaban J connectivity index is 3.82. The van der Waals surface area contributed by atoms with Crippen LogP contribution in [0.25, 0.3) is 0 Å². The first-order valence-corrected chi connectivity index (χ1v) is 11.0. The molecule has 0 saturated heterocycles. The van der Waals surface area contributed by atoms with Crippen molar-refractivity contribution < 1.29 is 27.9 Å². The summed E-state index contributed by atoms with van der Waals surface area (Å²) in [4.78, 5) is 11.2. The van der Waals surface area contributed by atoms with E-state index in [9.17, 15) is 9.36 Å². The van der Waals surface area contributed by atoms with E-state index in [1.165, 1.54) is 0 Å². The van der Waals surface area contributed by atoms with E-state index < -0.39 is 13.8 Å². The van der Waals surface area contributed by atoms with Gasteiger partial charge in [-0.3, -0.25) is 4.57 Å². The second-order valence-electron chi connectivity index (χ2n) is 5.72. The lowest BCUT2D eigenvalue weighted by atomic mass is 10.3. The zero-order valence-corrected chi connectivity index (χ0v) is 16.5. The zero-order chi connectivity index (χ0) is 18.1. The Morgan fingerprint density at radius 2 is 1.17 bits per heavy atom. The van der Waals surface area contributed by atoms with Gasteiger partial charge in [-0.25, -0.2) is 4.79 Å². The molecular formula is C17H35O6P. The fourth-order valence-corrected chi connectivity index (χ4v) is 3.62. The molecule has 0 aromatic rings. The number of rotatable bonds is 16. The zero-order valence-electron chi connectivity index (χ0n) is 15.6. The van der Waals surface area contributed by atoms with Gasteiger partial charge in [0.05, 0.1) is 32.6 Å². The molecule has 0 radical (unpaired) electrons. The molecule has 0 aromatic heterocycles. The standard InChI is InChI=1S/C17H35O6P/c1-4-7-12-20-17(18)21-13-10-11-15-23-24(19,16-9-6-3)22-14-8-5-2/h4-16H2,1-3H3. The topological polar surface area (TPSA) is 71.1 Å². The summed E-state index contributed by atoms with van der Waals surface area (Å²) in [6.07, 6.45) is 6.63. The lowest BCUT2D eigenvalue weighted by Crippen LogP contribution is -2.10. The van der Waals surface area contributed by atoms with E-state index in [2.05, 4.69) is 6.92 Å². The number of carbonyl (C=O) groups excluding carboxylic acids is 1. The second-order valence-corrected chi connectivity index (χ2v) is 7.90. The minimum Gasteiger partial charge on any atom is -0.434 e. The average Bonchev–Trinajstić information content (AvgIpc) is 2.57. The van der Waals surface area contributed by atoms with Crippen molar-refractivity contribution in [2.45, 2.75) is 72.1 Å². The smallest absolute Gasteiger partial charge is 0.434 e. The fraction of sp³-hybridized carbons (Fsp3) is 0.941. The molecule has 7 heteroatoms. The molecule has 0 amide bonds. The van der Waals surface area contributed by atoms with Crippen LogP contribution >= 0.6 is 7.60 Å². The maximum atomic E-state index is 12.6. The molecule has 0 bridgehead atoms. The first kappa shape index (κ1) is 23.4. The van der Waals surface area contributed by atoms with Gasteiger partial charge in [0.2, 0.25) is 0 Å². The van der Waals surface area contributed by atoms with Crippen LogP contribution in [0.1, 0.15) is 72.1 Å². The first-order valence-electron chi connectivity index (χ1n) is 9.25. The monoisotopic (exact) mass is 366 g/mol. The van der Waals surface area contributed by atoms with Gasteiger partial charge in [-0.05, 0) is 32.1 Å². The van der Waals surface area contributed by atoms with Gasteiger partial charge in [0.1, 0.15) is 0 Å². The molecular weight excluding hydrogens is 331 g/mol. The lowest BCUT2D eigenvalue weighted by Gasteiger charge is -2.18. The predicted molar refractivity (Wildman–Crippen MR) is 95.6 cm³/mol. The Hall–Kier alpha value is -0.580. The third-order valence-electron chi connectivity index (χ3n) is 3.34. The van der Waals surface area contributed by atoms with E-state index in [-0.39, 0.29) is 6.61 Å². The van der Waals surface area contributed by atoms with Gasteiger partial charge >= 0.3 is 13.8 Å². The van der Waals surface area contributed by atoms with E-state index in [0.29, 0.717) is 38.8 Å². The van der Waals surface area contributed by atoms with Crippen LogP contribution in [-0.4, -0.2) is 38.7 Å². The van der Waals surface area contributed by atoms with Gasteiger partial charge in [-0.15, -0.1) is 0 Å². The summed E-state index contributed by atoms with van der Waals surface area (Å²) in [5, 5.41) is 0.